The Morgan fingerprint density at radius 1 is 1.05 bits per heavy atom. The van der Waals surface area contributed by atoms with Crippen LogP contribution in [-0.4, -0.2) is 48.2 Å². The Balaban J connectivity index is 2.05. The van der Waals surface area contributed by atoms with E-state index in [1.165, 1.54) is 25.1 Å². The van der Waals surface area contributed by atoms with Crippen LogP contribution in [0.3, 0.4) is 0 Å². The van der Waals surface area contributed by atoms with Gasteiger partial charge in [0.05, 0.1) is 10.5 Å². The fraction of sp³-hybridized carbons (Fsp3) is 0.323. The van der Waals surface area contributed by atoms with Gasteiger partial charge in [0.15, 0.2) is 0 Å². The number of carboxylic acid groups (broad SMARTS) is 1. The van der Waals surface area contributed by atoms with Gasteiger partial charge in [-0.3, -0.25) is 14.4 Å². The zero-order valence-corrected chi connectivity index (χ0v) is 26.6. The molecule has 3 aromatic carbocycles. The minimum absolute atomic E-state index is 0.0259. The number of rotatable bonds is 10. The number of nitrogens with zero attached hydrogens (tertiary/aromatic N) is 1. The van der Waals surface area contributed by atoms with Gasteiger partial charge in [0.25, 0.3) is 5.91 Å². The maximum atomic E-state index is 14.9. The van der Waals surface area contributed by atoms with Crippen molar-refractivity contribution in [2.45, 2.75) is 70.6 Å². The number of carbonyl (C=O) groups excluding carboxylic acids is 2. The Kier molecular flexibility index (Phi) is 10.9. The zero-order valence-electron chi connectivity index (χ0n) is 25.1. The number of aryl methyl sites for hydroxylation is 1. The molecule has 44 heavy (non-hydrogen) atoms. The van der Waals surface area contributed by atoms with Gasteiger partial charge in [0.2, 0.25) is 10.0 Å². The third kappa shape index (κ3) is 8.41. The molecule has 3 aromatic rings. The molecule has 10 nitrogen and oxygen atoms in total. The fourth-order valence-electron chi connectivity index (χ4n) is 4.35. The number of imide groups is 1. The summed E-state index contributed by atoms with van der Waals surface area (Å²) in [5.41, 5.74) is 0.116. The Morgan fingerprint density at radius 2 is 1.68 bits per heavy atom. The van der Waals surface area contributed by atoms with Crippen LogP contribution < -0.4 is 4.72 Å². The van der Waals surface area contributed by atoms with E-state index in [-0.39, 0.29) is 22.3 Å². The van der Waals surface area contributed by atoms with Crippen LogP contribution in [0.2, 0.25) is 5.02 Å². The van der Waals surface area contributed by atoms with Gasteiger partial charge >= 0.3 is 12.1 Å². The molecular weight excluding hydrogens is 615 g/mol. The van der Waals surface area contributed by atoms with Crippen molar-refractivity contribution in [1.29, 1.82) is 0 Å². The highest BCUT2D eigenvalue weighted by Gasteiger charge is 2.37. The van der Waals surface area contributed by atoms with Crippen LogP contribution in [0.25, 0.3) is 0 Å². The Hall–Kier alpha value is -3.84. The van der Waals surface area contributed by atoms with Gasteiger partial charge in [-0.25, -0.2) is 17.6 Å². The van der Waals surface area contributed by atoms with Crippen LogP contribution in [0, 0.1) is 19.7 Å². The maximum Gasteiger partial charge on any atom is 0.442 e. The molecule has 236 valence electrons. The van der Waals surface area contributed by atoms with Crippen LogP contribution in [0.1, 0.15) is 66.2 Å². The monoisotopic (exact) mass is 648 g/mol. The molecule has 0 saturated heterocycles. The summed E-state index contributed by atoms with van der Waals surface area (Å²) in [6, 6.07) is 12.6. The number of sulfonamides is 1. The van der Waals surface area contributed by atoms with Gasteiger partial charge in [0, 0.05) is 10.9 Å². The molecule has 0 spiro atoms. The second-order valence-corrected chi connectivity index (χ2v) is 13.2. The smallest absolute Gasteiger partial charge is 0.442 e. The molecule has 3 rings (SSSR count). The first-order valence-corrected chi connectivity index (χ1v) is 15.3. The lowest BCUT2D eigenvalue weighted by molar-refractivity contribution is -0.139. The molecular formula is C31H34ClFN2O8S. The lowest BCUT2D eigenvalue weighted by Crippen LogP contribution is -2.45. The molecule has 0 heterocycles. The number of aliphatic carboxylic acids is 1. The number of carbonyl (C=O) groups is 3. The van der Waals surface area contributed by atoms with Gasteiger partial charge in [-0.15, -0.1) is 5.06 Å². The topological polar surface area (TPSA) is 139 Å². The number of ether oxygens (including phenoxy) is 1. The molecule has 2 N–H and O–H groups in total. The van der Waals surface area contributed by atoms with Crippen LogP contribution in [0.15, 0.2) is 65.6 Å². The Bertz CT molecular complexity index is 1660. The lowest BCUT2D eigenvalue weighted by Gasteiger charge is -2.27. The lowest BCUT2D eigenvalue weighted by atomic mass is 9.88. The summed E-state index contributed by atoms with van der Waals surface area (Å²) in [4.78, 5) is 44.1. The number of halogens is 2. The first-order chi connectivity index (χ1) is 20.4. The number of nitrogens with one attached hydrogen (secondary N) is 1. The average Bonchev–Trinajstić information content (AvgIpc) is 2.93. The second-order valence-electron chi connectivity index (χ2n) is 11.1. The zero-order chi connectivity index (χ0) is 33.0. The molecule has 2 amide bonds. The number of hydrogen-bond acceptors (Lipinski definition) is 7. The predicted molar refractivity (Wildman–Crippen MR) is 161 cm³/mol. The summed E-state index contributed by atoms with van der Waals surface area (Å²) in [6.45, 7) is 9.14. The summed E-state index contributed by atoms with van der Waals surface area (Å²) in [5.74, 6) is -4.68. The summed E-state index contributed by atoms with van der Waals surface area (Å²) >= 11 is 6.13. The number of benzene rings is 3. The summed E-state index contributed by atoms with van der Waals surface area (Å²) in [6.07, 6.45) is -1.22. The Morgan fingerprint density at radius 3 is 2.27 bits per heavy atom. The van der Waals surface area contributed by atoms with Crippen LogP contribution >= 0.6 is 11.6 Å². The van der Waals surface area contributed by atoms with Gasteiger partial charge in [-0.1, -0.05) is 54.9 Å². The molecule has 0 aliphatic carbocycles. The summed E-state index contributed by atoms with van der Waals surface area (Å²) in [5, 5.41) is 10.2. The first kappa shape index (κ1) is 34.6. The molecule has 0 unspecified atom stereocenters. The molecule has 13 heteroatoms. The molecule has 0 fully saturated rings. The second kappa shape index (κ2) is 13.9. The van der Waals surface area contributed by atoms with E-state index in [4.69, 9.17) is 21.2 Å². The normalized spacial score (nSPS) is 13.2. The predicted octanol–water partition coefficient (Wildman–Crippen LogP) is 6.14. The highest BCUT2D eigenvalue weighted by atomic mass is 35.5. The first-order valence-electron chi connectivity index (χ1n) is 13.5. The van der Waals surface area contributed by atoms with Crippen molar-refractivity contribution in [3.63, 3.8) is 0 Å². The van der Waals surface area contributed by atoms with Crippen LogP contribution in [0.4, 0.5) is 9.18 Å². The standard InChI is InChI=1S/C31H34ClFN2O8S/c1-18-12-14-24(33)26(19(18)2)20(3)27(29(37)38)34-44(40,41)25-15-13-22(32)16-23(25)28(36)35(30(39)43-31(4,5)6)42-17-21-10-8-7-9-11-21/h7-16,20,27,34H,17H2,1-6H3,(H,37,38)/t20-,27+/m1/s1. The number of carboxylic acids is 1. The molecule has 0 aliphatic heterocycles. The highest BCUT2D eigenvalue weighted by Crippen LogP contribution is 2.30. The fourth-order valence-corrected chi connectivity index (χ4v) is 5.97. The molecule has 0 saturated carbocycles. The van der Waals surface area contributed by atoms with Crippen LogP contribution in [-0.2, 0) is 31.0 Å². The quantitative estimate of drug-likeness (QED) is 0.250. The van der Waals surface area contributed by atoms with Crippen LogP contribution in [0.5, 0.6) is 0 Å². The van der Waals surface area contributed by atoms with E-state index in [0.29, 0.717) is 16.7 Å². The molecule has 0 radical (unpaired) electrons. The molecule has 0 aromatic heterocycles. The van der Waals surface area contributed by atoms with Gasteiger partial charge < -0.3 is 9.84 Å². The van der Waals surface area contributed by atoms with Crippen molar-refractivity contribution in [2.24, 2.45) is 0 Å². The van der Waals surface area contributed by atoms with E-state index >= 15 is 0 Å². The van der Waals surface area contributed by atoms with E-state index in [0.717, 1.165) is 12.1 Å². The maximum absolute atomic E-state index is 14.9. The highest BCUT2D eigenvalue weighted by molar-refractivity contribution is 7.89. The summed E-state index contributed by atoms with van der Waals surface area (Å²) < 4.78 is 49.7. The van der Waals surface area contributed by atoms with Gasteiger partial charge in [-0.05, 0) is 81.1 Å². The van der Waals surface area contributed by atoms with Crippen molar-refractivity contribution in [3.05, 3.63) is 99.3 Å². The third-order valence-corrected chi connectivity index (χ3v) is 8.38. The van der Waals surface area contributed by atoms with Crippen molar-refractivity contribution in [2.75, 3.05) is 0 Å². The largest absolute Gasteiger partial charge is 0.480 e. The van der Waals surface area contributed by atoms with E-state index in [2.05, 4.69) is 4.72 Å². The van der Waals surface area contributed by atoms with E-state index < -0.39 is 61.8 Å². The Labute approximate surface area is 260 Å². The van der Waals surface area contributed by atoms with Crippen molar-refractivity contribution in [3.8, 4) is 0 Å². The van der Waals surface area contributed by atoms with Crippen molar-refractivity contribution in [1.82, 2.24) is 9.79 Å². The third-order valence-electron chi connectivity index (χ3n) is 6.64. The molecule has 0 aliphatic rings. The SMILES string of the molecule is Cc1ccc(F)c([C@@H](C)[C@H](NS(=O)(=O)c2ccc(Cl)cc2C(=O)N(OCc2ccccc2)C(=O)OC(C)(C)C)C(=O)O)c1C. The number of hydrogen-bond donors (Lipinski definition) is 2. The number of amides is 2. The average molecular weight is 649 g/mol. The van der Waals surface area contributed by atoms with E-state index in [1.807, 2.05) is 0 Å². The van der Waals surface area contributed by atoms with E-state index in [1.54, 1.807) is 65.0 Å². The molecule has 0 bridgehead atoms. The molecule has 2 atom stereocenters. The minimum Gasteiger partial charge on any atom is -0.480 e. The summed E-state index contributed by atoms with van der Waals surface area (Å²) in [7, 11) is -4.81. The van der Waals surface area contributed by atoms with Crippen molar-refractivity contribution < 1.29 is 41.9 Å². The minimum atomic E-state index is -4.81. The van der Waals surface area contributed by atoms with E-state index in [9.17, 15) is 32.3 Å². The van der Waals surface area contributed by atoms with Gasteiger partial charge in [-0.2, -0.15) is 4.72 Å². The van der Waals surface area contributed by atoms with Gasteiger partial charge in [0.1, 0.15) is 24.1 Å². The van der Waals surface area contributed by atoms with Crippen molar-refractivity contribution >= 4 is 39.6 Å². The number of hydroxylamine groups is 2.